The number of aryl methyl sites for hydroxylation is 2. The number of nitrogens with zero attached hydrogens (tertiary/aromatic N) is 4. The van der Waals surface area contributed by atoms with Gasteiger partial charge < -0.3 is 5.32 Å². The van der Waals surface area contributed by atoms with Crippen molar-refractivity contribution in [2.75, 3.05) is 11.1 Å². The normalized spacial score (nSPS) is 10.7. The van der Waals surface area contributed by atoms with Crippen LogP contribution in [0.1, 0.15) is 11.1 Å². The number of aromatic nitrogens is 4. The third-order valence-electron chi connectivity index (χ3n) is 4.51. The summed E-state index contributed by atoms with van der Waals surface area (Å²) in [5.41, 5.74) is 5.97. The molecular formula is C23H21N5OS. The minimum atomic E-state index is -0.113. The molecule has 0 fully saturated rings. The second kappa shape index (κ2) is 8.92. The molecule has 0 aliphatic carbocycles. The Labute approximate surface area is 179 Å². The number of para-hydroxylation sites is 1. The quantitative estimate of drug-likeness (QED) is 0.463. The number of carbonyl (C=O) groups is 1. The van der Waals surface area contributed by atoms with Crippen molar-refractivity contribution in [2.45, 2.75) is 19.0 Å². The maximum absolute atomic E-state index is 12.6. The zero-order valence-electron chi connectivity index (χ0n) is 16.7. The Hall–Kier alpha value is -3.45. The fourth-order valence-electron chi connectivity index (χ4n) is 3.28. The van der Waals surface area contributed by atoms with E-state index in [-0.39, 0.29) is 11.7 Å². The number of hydrogen-bond donors (Lipinski definition) is 1. The highest BCUT2D eigenvalue weighted by molar-refractivity contribution is 7.99. The van der Waals surface area contributed by atoms with Crippen molar-refractivity contribution in [1.29, 1.82) is 0 Å². The van der Waals surface area contributed by atoms with Gasteiger partial charge in [-0.25, -0.2) is 0 Å². The van der Waals surface area contributed by atoms with Gasteiger partial charge in [0.25, 0.3) is 0 Å². The van der Waals surface area contributed by atoms with Crippen molar-refractivity contribution in [1.82, 2.24) is 20.2 Å². The van der Waals surface area contributed by atoms with Gasteiger partial charge in [-0.3, -0.25) is 4.79 Å². The predicted octanol–water partition coefficient (Wildman–Crippen LogP) is 4.68. The third kappa shape index (κ3) is 4.58. The Bertz CT molecular complexity index is 1150. The van der Waals surface area contributed by atoms with Crippen molar-refractivity contribution < 1.29 is 4.79 Å². The molecule has 0 atom stereocenters. The SMILES string of the molecule is Cc1cc(C)cc(-n2nnnc2SCC(=O)Nc2ccccc2-c2ccccc2)c1. The first kappa shape index (κ1) is 19.8. The van der Waals surface area contributed by atoms with Crippen LogP contribution in [0.25, 0.3) is 16.8 Å². The monoisotopic (exact) mass is 415 g/mol. The highest BCUT2D eigenvalue weighted by Crippen LogP contribution is 2.28. The number of nitrogens with one attached hydrogen (secondary N) is 1. The summed E-state index contributed by atoms with van der Waals surface area (Å²) in [6.07, 6.45) is 0. The van der Waals surface area contributed by atoms with E-state index in [0.717, 1.165) is 33.6 Å². The van der Waals surface area contributed by atoms with Gasteiger partial charge in [-0.2, -0.15) is 4.68 Å². The van der Waals surface area contributed by atoms with E-state index in [9.17, 15) is 4.79 Å². The molecule has 4 aromatic rings. The first-order valence-electron chi connectivity index (χ1n) is 9.54. The van der Waals surface area contributed by atoms with Crippen molar-refractivity contribution >= 4 is 23.4 Å². The van der Waals surface area contributed by atoms with Crippen LogP contribution in [-0.4, -0.2) is 31.9 Å². The van der Waals surface area contributed by atoms with Crippen molar-refractivity contribution in [3.05, 3.63) is 83.9 Å². The number of carbonyl (C=O) groups excluding carboxylic acids is 1. The Morgan fingerprint density at radius 1 is 0.967 bits per heavy atom. The number of benzene rings is 3. The van der Waals surface area contributed by atoms with E-state index < -0.39 is 0 Å². The van der Waals surface area contributed by atoms with E-state index >= 15 is 0 Å². The van der Waals surface area contributed by atoms with Crippen LogP contribution in [0.3, 0.4) is 0 Å². The van der Waals surface area contributed by atoms with Crippen LogP contribution >= 0.6 is 11.8 Å². The smallest absolute Gasteiger partial charge is 0.234 e. The average Bonchev–Trinajstić information content (AvgIpc) is 3.21. The first-order chi connectivity index (χ1) is 14.6. The summed E-state index contributed by atoms with van der Waals surface area (Å²) in [5.74, 6) is 0.0900. The highest BCUT2D eigenvalue weighted by Gasteiger charge is 2.13. The van der Waals surface area contributed by atoms with Crippen LogP contribution in [0.4, 0.5) is 5.69 Å². The average molecular weight is 416 g/mol. The number of thioether (sulfide) groups is 1. The van der Waals surface area contributed by atoms with Crippen LogP contribution in [0, 0.1) is 13.8 Å². The summed E-state index contributed by atoms with van der Waals surface area (Å²) in [4.78, 5) is 12.6. The molecule has 4 rings (SSSR count). The first-order valence-corrected chi connectivity index (χ1v) is 10.5. The van der Waals surface area contributed by atoms with Gasteiger partial charge in [-0.05, 0) is 59.2 Å². The molecule has 6 nitrogen and oxygen atoms in total. The molecule has 0 saturated heterocycles. The topological polar surface area (TPSA) is 72.7 Å². The number of hydrogen-bond acceptors (Lipinski definition) is 5. The molecule has 150 valence electrons. The minimum Gasteiger partial charge on any atom is -0.325 e. The van der Waals surface area contributed by atoms with E-state index in [1.165, 1.54) is 11.8 Å². The molecule has 0 unspecified atom stereocenters. The predicted molar refractivity (Wildman–Crippen MR) is 120 cm³/mol. The number of anilines is 1. The summed E-state index contributed by atoms with van der Waals surface area (Å²) in [7, 11) is 0. The van der Waals surface area contributed by atoms with E-state index in [1.807, 2.05) is 80.6 Å². The Balaban J connectivity index is 1.47. The lowest BCUT2D eigenvalue weighted by atomic mass is 10.0. The molecule has 0 spiro atoms. The maximum Gasteiger partial charge on any atom is 0.234 e. The second-order valence-corrected chi connectivity index (χ2v) is 7.91. The largest absolute Gasteiger partial charge is 0.325 e. The fraction of sp³-hybridized carbons (Fsp3) is 0.130. The molecule has 0 saturated carbocycles. The standard InChI is InChI=1S/C23H21N5OS/c1-16-12-17(2)14-19(13-16)28-23(25-26-27-28)30-15-22(29)24-21-11-7-6-10-20(21)18-8-4-3-5-9-18/h3-14H,15H2,1-2H3,(H,24,29). The lowest BCUT2D eigenvalue weighted by molar-refractivity contribution is -0.113. The summed E-state index contributed by atoms with van der Waals surface area (Å²) in [6.45, 7) is 4.07. The third-order valence-corrected chi connectivity index (χ3v) is 5.43. The van der Waals surface area contributed by atoms with E-state index in [2.05, 4.69) is 26.9 Å². The zero-order valence-corrected chi connectivity index (χ0v) is 17.6. The Morgan fingerprint density at radius 2 is 1.67 bits per heavy atom. The molecule has 1 N–H and O–H groups in total. The summed E-state index contributed by atoms with van der Waals surface area (Å²) in [6, 6.07) is 23.9. The lowest BCUT2D eigenvalue weighted by Gasteiger charge is -2.11. The van der Waals surface area contributed by atoms with Crippen LogP contribution < -0.4 is 5.32 Å². The van der Waals surface area contributed by atoms with Crippen LogP contribution in [0.5, 0.6) is 0 Å². The highest BCUT2D eigenvalue weighted by atomic mass is 32.2. The maximum atomic E-state index is 12.6. The number of rotatable bonds is 6. The zero-order chi connectivity index (χ0) is 20.9. The molecule has 0 bridgehead atoms. The van der Waals surface area contributed by atoms with Gasteiger partial charge in [0.15, 0.2) is 0 Å². The van der Waals surface area contributed by atoms with Gasteiger partial charge in [-0.15, -0.1) is 5.10 Å². The molecular weight excluding hydrogens is 394 g/mol. The molecule has 1 aromatic heterocycles. The van der Waals surface area contributed by atoms with Gasteiger partial charge in [0.05, 0.1) is 11.4 Å². The Kier molecular flexibility index (Phi) is 5.90. The lowest BCUT2D eigenvalue weighted by Crippen LogP contribution is -2.15. The summed E-state index contributed by atoms with van der Waals surface area (Å²) >= 11 is 1.30. The summed E-state index contributed by atoms with van der Waals surface area (Å²) < 4.78 is 1.66. The van der Waals surface area contributed by atoms with Gasteiger partial charge >= 0.3 is 0 Å². The van der Waals surface area contributed by atoms with Gasteiger partial charge in [0.2, 0.25) is 11.1 Å². The molecule has 30 heavy (non-hydrogen) atoms. The molecule has 1 heterocycles. The van der Waals surface area contributed by atoms with Gasteiger partial charge in [-0.1, -0.05) is 66.4 Å². The molecule has 0 aliphatic heterocycles. The second-order valence-electron chi connectivity index (χ2n) is 6.97. The Morgan fingerprint density at radius 3 is 2.43 bits per heavy atom. The summed E-state index contributed by atoms with van der Waals surface area (Å²) in [5, 5.41) is 15.5. The van der Waals surface area contributed by atoms with Crippen molar-refractivity contribution in [2.24, 2.45) is 0 Å². The van der Waals surface area contributed by atoms with E-state index in [0.29, 0.717) is 5.16 Å². The van der Waals surface area contributed by atoms with Crippen molar-refractivity contribution in [3.8, 4) is 16.8 Å². The molecule has 1 amide bonds. The van der Waals surface area contributed by atoms with Crippen LogP contribution in [0.2, 0.25) is 0 Å². The molecule has 3 aromatic carbocycles. The number of tetrazole rings is 1. The molecule has 7 heteroatoms. The van der Waals surface area contributed by atoms with Gasteiger partial charge in [0.1, 0.15) is 0 Å². The van der Waals surface area contributed by atoms with E-state index in [4.69, 9.17) is 0 Å². The van der Waals surface area contributed by atoms with Crippen LogP contribution in [-0.2, 0) is 4.79 Å². The minimum absolute atomic E-state index is 0.113. The van der Waals surface area contributed by atoms with E-state index in [1.54, 1.807) is 4.68 Å². The number of amides is 1. The molecule has 0 aliphatic rings. The molecule has 0 radical (unpaired) electrons. The van der Waals surface area contributed by atoms with Crippen molar-refractivity contribution in [3.63, 3.8) is 0 Å². The van der Waals surface area contributed by atoms with Gasteiger partial charge in [0, 0.05) is 11.3 Å². The van der Waals surface area contributed by atoms with Crippen LogP contribution in [0.15, 0.2) is 78.0 Å². The fourth-order valence-corrected chi connectivity index (χ4v) is 3.97.